The van der Waals surface area contributed by atoms with E-state index in [1.807, 2.05) is 18.2 Å². The molecule has 10 rings (SSSR count). The summed E-state index contributed by atoms with van der Waals surface area (Å²) < 4.78 is 16.3. The molecule has 3 aromatic carbocycles. The summed E-state index contributed by atoms with van der Waals surface area (Å²) in [7, 11) is 0. The highest BCUT2D eigenvalue weighted by molar-refractivity contribution is 6.31. The number of nitrogens with zero attached hydrogens (tertiary/aromatic N) is 2. The number of fused-ring (bicyclic) bond motifs is 3. The maximum atomic E-state index is 16.3. The third-order valence-electron chi connectivity index (χ3n) is 16.4. The van der Waals surface area contributed by atoms with Crippen molar-refractivity contribution in [2.24, 2.45) is 11.3 Å². The molecule has 68 heavy (non-hydrogen) atoms. The number of carbonyl (C=O) groups excluding carboxylic acids is 6. The van der Waals surface area contributed by atoms with Crippen molar-refractivity contribution in [3.05, 3.63) is 92.7 Å². The van der Waals surface area contributed by atoms with E-state index < -0.39 is 40.7 Å². The summed E-state index contributed by atoms with van der Waals surface area (Å²) in [6, 6.07) is 14.4. The van der Waals surface area contributed by atoms with Crippen molar-refractivity contribution in [1.29, 1.82) is 0 Å². The van der Waals surface area contributed by atoms with E-state index in [2.05, 4.69) is 36.8 Å². The number of nitrogens with one attached hydrogen (secondary N) is 6. The first-order valence-corrected chi connectivity index (χ1v) is 25.2. The second kappa shape index (κ2) is 19.0. The van der Waals surface area contributed by atoms with E-state index in [-0.39, 0.29) is 64.5 Å². The third kappa shape index (κ3) is 8.55. The summed E-state index contributed by atoms with van der Waals surface area (Å²) in [5.41, 5.74) is 2.16. The first kappa shape index (κ1) is 46.6. The Morgan fingerprint density at radius 3 is 2.37 bits per heavy atom. The number of benzene rings is 3. The molecule has 3 aromatic rings. The maximum absolute atomic E-state index is 16.3. The molecule has 6 N–H and O–H groups in total. The smallest absolute Gasteiger partial charge is 0.255 e. The lowest BCUT2D eigenvalue weighted by atomic mass is 9.54. The summed E-state index contributed by atoms with van der Waals surface area (Å²) >= 11 is 12.8. The van der Waals surface area contributed by atoms with Crippen LogP contribution in [0.5, 0.6) is 0 Å². The fourth-order valence-corrected chi connectivity index (χ4v) is 13.2. The van der Waals surface area contributed by atoms with Crippen molar-refractivity contribution >= 4 is 70.0 Å². The molecule has 4 atom stereocenters. The van der Waals surface area contributed by atoms with Crippen molar-refractivity contribution in [3.8, 4) is 0 Å². The highest BCUT2D eigenvalue weighted by Crippen LogP contribution is 2.61. The van der Waals surface area contributed by atoms with E-state index >= 15 is 4.39 Å². The van der Waals surface area contributed by atoms with Gasteiger partial charge in [-0.3, -0.25) is 39.4 Å². The van der Waals surface area contributed by atoms with E-state index in [0.717, 1.165) is 68.6 Å². The van der Waals surface area contributed by atoms with Gasteiger partial charge >= 0.3 is 0 Å². The van der Waals surface area contributed by atoms with Gasteiger partial charge in [0.25, 0.3) is 5.91 Å². The summed E-state index contributed by atoms with van der Waals surface area (Å²) in [5, 5.41) is 19.8. The topological polar surface area (TPSA) is 181 Å². The SMILES string of the molecule is O=C1CCC(N2Cc3c(NC4CCN(CCNC(=O)C5CCC(NC(=O)[C@@H]6NC7(CCCCC7)[C@]7(Cc8ccc(Cl)cc8NC7=O)[C@H]6c6cccc(Cl)c6F)CC5)CC4)cccc3C2=O)C(=O)N1. The molecule has 5 aliphatic heterocycles. The van der Waals surface area contributed by atoms with Crippen LogP contribution < -0.4 is 31.9 Å². The number of amides is 6. The number of hydrogen-bond donors (Lipinski definition) is 6. The van der Waals surface area contributed by atoms with Gasteiger partial charge in [0, 0.05) is 96.1 Å². The number of imide groups is 1. The van der Waals surface area contributed by atoms with E-state index in [9.17, 15) is 28.8 Å². The minimum Gasteiger partial charge on any atom is -0.382 e. The van der Waals surface area contributed by atoms with Gasteiger partial charge in [-0.1, -0.05) is 66.7 Å². The summed E-state index contributed by atoms with van der Waals surface area (Å²) in [5.74, 6) is -3.08. The van der Waals surface area contributed by atoms with Gasteiger partial charge in [-0.05, 0) is 106 Å². The Bertz CT molecular complexity index is 2520. The molecular weight excluding hydrogens is 911 g/mol. The minimum atomic E-state index is -1.19. The Hall–Kier alpha value is -5.09. The summed E-state index contributed by atoms with van der Waals surface area (Å²) in [6.45, 7) is 3.28. The molecule has 17 heteroatoms. The number of likely N-dealkylation sites (tertiary alicyclic amines) is 1. The van der Waals surface area contributed by atoms with Gasteiger partial charge in [-0.25, -0.2) is 4.39 Å². The quantitative estimate of drug-likeness (QED) is 0.129. The molecule has 0 aromatic heterocycles. The van der Waals surface area contributed by atoms with Crippen molar-refractivity contribution in [2.75, 3.05) is 36.8 Å². The highest BCUT2D eigenvalue weighted by Gasteiger charge is 2.70. The lowest BCUT2D eigenvalue weighted by Gasteiger charge is -2.51. The minimum absolute atomic E-state index is 0.0187. The van der Waals surface area contributed by atoms with Gasteiger partial charge < -0.3 is 31.1 Å². The van der Waals surface area contributed by atoms with E-state index in [4.69, 9.17) is 23.2 Å². The second-order valence-electron chi connectivity index (χ2n) is 20.1. The number of hydrogen-bond acceptors (Lipinski definition) is 9. The van der Waals surface area contributed by atoms with E-state index in [0.29, 0.717) is 80.7 Å². The average molecular weight is 970 g/mol. The Kier molecular flexibility index (Phi) is 13.0. The highest BCUT2D eigenvalue weighted by atomic mass is 35.5. The molecule has 0 bridgehead atoms. The zero-order valence-corrected chi connectivity index (χ0v) is 39.6. The Labute approximate surface area is 405 Å². The maximum Gasteiger partial charge on any atom is 0.255 e. The van der Waals surface area contributed by atoms with Crippen LogP contribution in [0.15, 0.2) is 54.6 Å². The van der Waals surface area contributed by atoms with Gasteiger partial charge in [0.15, 0.2) is 0 Å². The Balaban J connectivity index is 0.722. The average Bonchev–Trinajstić information content (AvgIpc) is 3.80. The number of anilines is 2. The lowest BCUT2D eigenvalue weighted by Crippen LogP contribution is -2.62. The first-order valence-electron chi connectivity index (χ1n) is 24.5. The monoisotopic (exact) mass is 968 g/mol. The molecule has 3 saturated heterocycles. The van der Waals surface area contributed by atoms with Crippen LogP contribution in [0.25, 0.3) is 0 Å². The predicted octanol–water partition coefficient (Wildman–Crippen LogP) is 6.20. The largest absolute Gasteiger partial charge is 0.382 e. The Morgan fingerprint density at radius 2 is 1.60 bits per heavy atom. The van der Waals surface area contributed by atoms with Gasteiger partial charge in [-0.15, -0.1) is 0 Å². The van der Waals surface area contributed by atoms with Crippen molar-refractivity contribution < 1.29 is 33.2 Å². The molecule has 2 aliphatic carbocycles. The molecule has 14 nitrogen and oxygen atoms in total. The zero-order chi connectivity index (χ0) is 47.3. The zero-order valence-electron chi connectivity index (χ0n) is 38.1. The molecule has 360 valence electrons. The molecule has 5 fully saturated rings. The normalized spacial score (nSPS) is 28.2. The number of halogens is 3. The van der Waals surface area contributed by atoms with Gasteiger partial charge in [0.1, 0.15) is 11.9 Å². The van der Waals surface area contributed by atoms with Crippen LogP contribution in [0.4, 0.5) is 15.8 Å². The first-order chi connectivity index (χ1) is 32.8. The Morgan fingerprint density at radius 1 is 0.838 bits per heavy atom. The lowest BCUT2D eigenvalue weighted by molar-refractivity contribution is -0.137. The standard InChI is InChI=1S/C51H59Cl2FN8O6/c52-31-13-10-30-27-51(49(68)58-39(30)26-31)42(35-7-4-8-37(53)43(35)54)44(60-50(51)20-2-1-3-21-50)47(66)57-32-14-11-29(12-15-32)45(64)55-22-25-61-23-18-33(19-24-61)56-38-9-5-6-34-36(38)28-62(48(34)67)40-16-17-41(63)59-46(40)65/h4-10,13,26,29,32-33,40,42,44,56,60H,1-3,11-12,14-25,27-28H2,(H,55,64)(H,57,66)(H,58,68)(H,59,63,65)/t29?,32?,40?,42-,44+,51+/m0/s1. The van der Waals surface area contributed by atoms with Crippen molar-refractivity contribution in [3.63, 3.8) is 0 Å². The molecule has 2 spiro atoms. The van der Waals surface area contributed by atoms with Crippen molar-refractivity contribution in [1.82, 2.24) is 31.1 Å². The summed E-state index contributed by atoms with van der Waals surface area (Å²) in [4.78, 5) is 84.4. The van der Waals surface area contributed by atoms with E-state index in [1.54, 1.807) is 35.2 Å². The second-order valence-corrected chi connectivity index (χ2v) is 21.0. The predicted molar refractivity (Wildman–Crippen MR) is 256 cm³/mol. The molecule has 7 aliphatic rings. The number of rotatable bonds is 10. The fourth-order valence-electron chi connectivity index (χ4n) is 12.8. The van der Waals surface area contributed by atoms with Crippen LogP contribution >= 0.6 is 23.2 Å². The summed E-state index contributed by atoms with van der Waals surface area (Å²) in [6.07, 6.45) is 9.17. The molecule has 0 radical (unpaired) electrons. The fraction of sp³-hybridized carbons (Fsp3) is 0.529. The number of piperidine rings is 2. The molecule has 5 heterocycles. The van der Waals surface area contributed by atoms with Crippen LogP contribution in [-0.2, 0) is 36.9 Å². The molecule has 1 unspecified atom stereocenters. The number of carbonyl (C=O) groups is 6. The van der Waals surface area contributed by atoms with Gasteiger partial charge in [-0.2, -0.15) is 0 Å². The van der Waals surface area contributed by atoms with E-state index in [1.165, 1.54) is 6.07 Å². The van der Waals surface area contributed by atoms with Crippen LogP contribution in [0.1, 0.15) is 116 Å². The third-order valence-corrected chi connectivity index (χ3v) is 16.9. The van der Waals surface area contributed by atoms with Crippen LogP contribution in [0.2, 0.25) is 10.0 Å². The molecule has 2 saturated carbocycles. The van der Waals surface area contributed by atoms with Gasteiger partial charge in [0.05, 0.1) is 16.5 Å². The molecular formula is C51H59Cl2FN8O6. The van der Waals surface area contributed by atoms with Crippen LogP contribution in [0, 0.1) is 17.2 Å². The van der Waals surface area contributed by atoms with Gasteiger partial charge in [0.2, 0.25) is 29.5 Å². The van der Waals surface area contributed by atoms with Crippen LogP contribution in [-0.4, -0.2) is 101 Å². The van der Waals surface area contributed by atoms with Crippen LogP contribution in [0.3, 0.4) is 0 Å². The molecule has 6 amide bonds. The van der Waals surface area contributed by atoms with Crippen molar-refractivity contribution in [2.45, 2.75) is 132 Å².